The Morgan fingerprint density at radius 2 is 1.95 bits per heavy atom. The molecule has 0 unspecified atom stereocenters. The summed E-state index contributed by atoms with van der Waals surface area (Å²) in [5.74, 6) is 0.724. The summed E-state index contributed by atoms with van der Waals surface area (Å²) in [6.45, 7) is 3.74. The first-order valence-corrected chi connectivity index (χ1v) is 7.17. The van der Waals surface area contributed by atoms with Crippen LogP contribution in [0.25, 0.3) is 10.8 Å². The molecule has 0 bridgehead atoms. The third-order valence-corrected chi connectivity index (χ3v) is 3.40. The van der Waals surface area contributed by atoms with E-state index in [4.69, 9.17) is 4.74 Å². The average molecular weight is 286 g/mol. The monoisotopic (exact) mass is 286 g/mol. The van der Waals surface area contributed by atoms with Crippen molar-refractivity contribution in [1.29, 1.82) is 0 Å². The molecule has 21 heavy (non-hydrogen) atoms. The lowest BCUT2D eigenvalue weighted by Gasteiger charge is -2.16. The number of fused-ring (bicyclic) bond motifs is 1. The number of hydrogen-bond donors (Lipinski definition) is 1. The van der Waals surface area contributed by atoms with Crippen LogP contribution in [-0.2, 0) is 11.3 Å². The minimum atomic E-state index is -0.0439. The van der Waals surface area contributed by atoms with Crippen molar-refractivity contribution in [2.45, 2.75) is 13.5 Å². The van der Waals surface area contributed by atoms with Crippen LogP contribution in [-0.4, -0.2) is 38.1 Å². The highest BCUT2D eigenvalue weighted by molar-refractivity contribution is 5.88. The molecule has 0 atom stereocenters. The zero-order valence-electron chi connectivity index (χ0n) is 12.8. The summed E-state index contributed by atoms with van der Waals surface area (Å²) in [6, 6.07) is 12.2. The predicted molar refractivity (Wildman–Crippen MR) is 85.5 cm³/mol. The van der Waals surface area contributed by atoms with Crippen LogP contribution >= 0.6 is 0 Å². The molecule has 1 N–H and O–H groups in total. The van der Waals surface area contributed by atoms with Gasteiger partial charge in [0.2, 0.25) is 0 Å². The molecule has 0 heterocycles. The van der Waals surface area contributed by atoms with Gasteiger partial charge in [0.25, 0.3) is 5.91 Å². The van der Waals surface area contributed by atoms with Gasteiger partial charge in [-0.3, -0.25) is 4.79 Å². The van der Waals surface area contributed by atoms with Gasteiger partial charge < -0.3 is 15.0 Å². The van der Waals surface area contributed by atoms with Crippen molar-refractivity contribution in [3.05, 3.63) is 42.0 Å². The Balaban J connectivity index is 2.30. The lowest BCUT2D eigenvalue weighted by atomic mass is 10.0. The fourth-order valence-corrected chi connectivity index (χ4v) is 2.15. The number of ether oxygens (including phenoxy) is 1. The fraction of sp³-hybridized carbons (Fsp3) is 0.353. The van der Waals surface area contributed by atoms with Gasteiger partial charge in [-0.05, 0) is 23.4 Å². The summed E-state index contributed by atoms with van der Waals surface area (Å²) in [5.41, 5.74) is 1.10. The molecular formula is C17H22N2O2. The van der Waals surface area contributed by atoms with E-state index in [2.05, 4.69) is 24.4 Å². The Bertz CT molecular complexity index is 623. The summed E-state index contributed by atoms with van der Waals surface area (Å²) in [6.07, 6.45) is 0. The van der Waals surface area contributed by atoms with Crippen molar-refractivity contribution in [1.82, 2.24) is 10.2 Å². The van der Waals surface area contributed by atoms with Crippen molar-refractivity contribution >= 4 is 16.7 Å². The number of amides is 1. The molecule has 0 aliphatic carbocycles. The summed E-state index contributed by atoms with van der Waals surface area (Å²) >= 11 is 0. The fourth-order valence-electron chi connectivity index (χ4n) is 2.15. The maximum Gasteiger partial charge on any atom is 0.259 e. The average Bonchev–Trinajstić information content (AvgIpc) is 2.50. The molecule has 0 fully saturated rings. The highest BCUT2D eigenvalue weighted by Gasteiger charge is 2.11. The molecule has 0 saturated carbocycles. The van der Waals surface area contributed by atoms with E-state index in [0.717, 1.165) is 29.8 Å². The van der Waals surface area contributed by atoms with Gasteiger partial charge in [0.05, 0.1) is 0 Å². The molecular weight excluding hydrogens is 264 g/mol. The van der Waals surface area contributed by atoms with E-state index in [0.29, 0.717) is 0 Å². The first-order valence-electron chi connectivity index (χ1n) is 7.17. The predicted octanol–water partition coefficient (Wildman–Crippen LogP) is 2.42. The van der Waals surface area contributed by atoms with Gasteiger partial charge in [0.1, 0.15) is 5.75 Å². The minimum Gasteiger partial charge on any atom is -0.483 e. The number of nitrogens with one attached hydrogen (secondary N) is 1. The van der Waals surface area contributed by atoms with E-state index in [1.54, 1.807) is 14.1 Å². The molecule has 2 rings (SSSR count). The van der Waals surface area contributed by atoms with Crippen LogP contribution in [0.2, 0.25) is 0 Å². The molecule has 4 nitrogen and oxygen atoms in total. The van der Waals surface area contributed by atoms with Crippen molar-refractivity contribution in [3.63, 3.8) is 0 Å². The van der Waals surface area contributed by atoms with Crippen LogP contribution in [0.3, 0.4) is 0 Å². The smallest absolute Gasteiger partial charge is 0.259 e. The Labute approximate surface area is 125 Å². The maximum absolute atomic E-state index is 11.7. The Morgan fingerprint density at radius 3 is 2.67 bits per heavy atom. The normalized spacial score (nSPS) is 10.6. The molecule has 0 spiro atoms. The topological polar surface area (TPSA) is 41.6 Å². The Hall–Kier alpha value is -2.07. The lowest BCUT2D eigenvalue weighted by molar-refractivity contribution is -0.130. The zero-order chi connectivity index (χ0) is 15.2. The molecule has 112 valence electrons. The molecule has 0 aliphatic rings. The van der Waals surface area contributed by atoms with Crippen LogP contribution in [0.5, 0.6) is 5.75 Å². The maximum atomic E-state index is 11.7. The Kier molecular flexibility index (Phi) is 5.17. The Morgan fingerprint density at radius 1 is 1.19 bits per heavy atom. The second-order valence-corrected chi connectivity index (χ2v) is 5.12. The van der Waals surface area contributed by atoms with Crippen LogP contribution in [0, 0.1) is 0 Å². The number of nitrogens with zero attached hydrogens (tertiary/aromatic N) is 1. The summed E-state index contributed by atoms with van der Waals surface area (Å²) < 4.78 is 5.73. The molecule has 0 aliphatic heterocycles. The molecule has 0 saturated heterocycles. The largest absolute Gasteiger partial charge is 0.483 e. The number of hydrogen-bond acceptors (Lipinski definition) is 3. The number of likely N-dealkylation sites (N-methyl/N-ethyl adjacent to an activating group) is 1. The van der Waals surface area contributed by atoms with Gasteiger partial charge in [-0.2, -0.15) is 0 Å². The summed E-state index contributed by atoms with van der Waals surface area (Å²) in [7, 11) is 3.46. The first-order chi connectivity index (χ1) is 10.1. The van der Waals surface area contributed by atoms with Crippen LogP contribution in [0.1, 0.15) is 12.5 Å². The van der Waals surface area contributed by atoms with E-state index in [1.165, 1.54) is 10.3 Å². The third kappa shape index (κ3) is 3.73. The molecule has 4 heteroatoms. The minimum absolute atomic E-state index is 0.0439. The van der Waals surface area contributed by atoms with E-state index in [-0.39, 0.29) is 12.5 Å². The number of benzene rings is 2. The third-order valence-electron chi connectivity index (χ3n) is 3.40. The van der Waals surface area contributed by atoms with Crippen LogP contribution in [0.15, 0.2) is 36.4 Å². The van der Waals surface area contributed by atoms with Gasteiger partial charge in [0, 0.05) is 26.2 Å². The van der Waals surface area contributed by atoms with Gasteiger partial charge >= 0.3 is 0 Å². The van der Waals surface area contributed by atoms with Gasteiger partial charge in [-0.15, -0.1) is 0 Å². The quantitative estimate of drug-likeness (QED) is 0.886. The van der Waals surface area contributed by atoms with Crippen LogP contribution < -0.4 is 10.1 Å². The molecule has 0 radical (unpaired) electrons. The number of rotatable bonds is 6. The molecule has 2 aromatic rings. The molecule has 1 amide bonds. The zero-order valence-corrected chi connectivity index (χ0v) is 12.8. The van der Waals surface area contributed by atoms with E-state index in [9.17, 15) is 4.79 Å². The van der Waals surface area contributed by atoms with E-state index in [1.807, 2.05) is 24.3 Å². The van der Waals surface area contributed by atoms with Gasteiger partial charge in [0.15, 0.2) is 6.61 Å². The van der Waals surface area contributed by atoms with Crippen molar-refractivity contribution in [2.75, 3.05) is 27.2 Å². The van der Waals surface area contributed by atoms with Gasteiger partial charge in [-0.25, -0.2) is 0 Å². The van der Waals surface area contributed by atoms with Crippen LogP contribution in [0.4, 0.5) is 0 Å². The van der Waals surface area contributed by atoms with Crippen molar-refractivity contribution in [3.8, 4) is 5.75 Å². The second kappa shape index (κ2) is 7.09. The second-order valence-electron chi connectivity index (χ2n) is 5.12. The summed E-state index contributed by atoms with van der Waals surface area (Å²) in [5, 5.41) is 5.67. The highest BCUT2D eigenvalue weighted by Crippen LogP contribution is 2.28. The highest BCUT2D eigenvalue weighted by atomic mass is 16.5. The van der Waals surface area contributed by atoms with E-state index >= 15 is 0 Å². The standard InChI is InChI=1S/C17H22N2O2/c1-4-18-11-15-14-8-6-5-7-13(14)9-10-16(15)21-12-17(20)19(2)3/h5-10,18H,4,11-12H2,1-3H3. The summed E-state index contributed by atoms with van der Waals surface area (Å²) in [4.78, 5) is 13.2. The number of carbonyl (C=O) groups excluding carboxylic acids is 1. The van der Waals surface area contributed by atoms with Crippen molar-refractivity contribution < 1.29 is 9.53 Å². The van der Waals surface area contributed by atoms with Crippen molar-refractivity contribution in [2.24, 2.45) is 0 Å². The van der Waals surface area contributed by atoms with E-state index < -0.39 is 0 Å². The molecule has 0 aromatic heterocycles. The lowest BCUT2D eigenvalue weighted by Crippen LogP contribution is -2.27. The molecule has 2 aromatic carbocycles. The van der Waals surface area contributed by atoms with Gasteiger partial charge in [-0.1, -0.05) is 37.3 Å². The number of carbonyl (C=O) groups is 1. The SMILES string of the molecule is CCNCc1c(OCC(=O)N(C)C)ccc2ccccc12. The first kappa shape index (κ1) is 15.3.